The van der Waals surface area contributed by atoms with Gasteiger partial charge in [0.15, 0.2) is 17.5 Å². The molecule has 2 N–H and O–H groups in total. The topological polar surface area (TPSA) is 75.6 Å². The lowest BCUT2D eigenvalue weighted by atomic mass is 10.2. The van der Waals surface area contributed by atoms with Crippen LogP contribution >= 0.6 is 24.0 Å². The van der Waals surface area contributed by atoms with Gasteiger partial charge >= 0.3 is 0 Å². The van der Waals surface area contributed by atoms with Crippen LogP contribution in [0.1, 0.15) is 18.1 Å². The van der Waals surface area contributed by atoms with Crippen molar-refractivity contribution in [1.29, 1.82) is 0 Å². The number of halogens is 1. The van der Waals surface area contributed by atoms with Gasteiger partial charge in [-0.2, -0.15) is 0 Å². The molecule has 0 saturated carbocycles. The van der Waals surface area contributed by atoms with Crippen LogP contribution in [0.15, 0.2) is 47.5 Å². The maximum Gasteiger partial charge on any atom is 0.194 e. The molecule has 0 aromatic heterocycles. The number of ether oxygens (including phenoxy) is 3. The van der Waals surface area contributed by atoms with Gasteiger partial charge in [-0.15, -0.1) is 24.0 Å². The minimum Gasteiger partial charge on any atom is -0.496 e. The highest BCUT2D eigenvalue weighted by atomic mass is 127. The van der Waals surface area contributed by atoms with E-state index in [1.54, 1.807) is 14.2 Å². The highest BCUT2D eigenvalue weighted by Crippen LogP contribution is 2.28. The average Bonchev–Trinajstić information content (AvgIpc) is 2.75. The zero-order chi connectivity index (χ0) is 21.1. The van der Waals surface area contributed by atoms with Crippen LogP contribution in [0, 0.1) is 0 Å². The third-order valence-electron chi connectivity index (χ3n) is 4.28. The van der Waals surface area contributed by atoms with Crippen LogP contribution < -0.4 is 19.5 Å². The quantitative estimate of drug-likeness (QED) is 0.280. The van der Waals surface area contributed by atoms with E-state index < -0.39 is 0 Å². The largest absolute Gasteiger partial charge is 0.496 e. The lowest BCUT2D eigenvalue weighted by Crippen LogP contribution is -2.38. The molecule has 0 aliphatic rings. The molecule has 0 aliphatic carbocycles. The second kappa shape index (κ2) is 13.9. The number of benzene rings is 2. The molecule has 166 valence electrons. The minimum atomic E-state index is -0.0419. The van der Waals surface area contributed by atoms with Crippen molar-refractivity contribution >= 4 is 29.9 Å². The van der Waals surface area contributed by atoms with E-state index >= 15 is 0 Å². The molecule has 2 aromatic carbocycles. The Balaban J connectivity index is 0.00000450. The number of nitrogens with one attached hydrogen (secondary N) is 1. The Labute approximate surface area is 196 Å². The molecule has 0 bridgehead atoms. The van der Waals surface area contributed by atoms with Crippen LogP contribution in [-0.4, -0.2) is 57.0 Å². The van der Waals surface area contributed by atoms with Crippen molar-refractivity contribution < 1.29 is 19.3 Å². The number of aliphatic hydroxyl groups is 1. The Morgan fingerprint density at radius 3 is 2.47 bits per heavy atom. The molecule has 7 nitrogen and oxygen atoms in total. The second-order valence-electron chi connectivity index (χ2n) is 6.40. The van der Waals surface area contributed by atoms with Crippen LogP contribution in [0.25, 0.3) is 0 Å². The van der Waals surface area contributed by atoms with Crippen LogP contribution in [0.4, 0.5) is 0 Å². The number of rotatable bonds is 10. The van der Waals surface area contributed by atoms with E-state index in [0.29, 0.717) is 24.6 Å². The van der Waals surface area contributed by atoms with E-state index in [1.807, 2.05) is 50.4 Å². The fourth-order valence-corrected chi connectivity index (χ4v) is 2.89. The number of guanidine groups is 1. The molecule has 0 aliphatic heterocycles. The van der Waals surface area contributed by atoms with E-state index in [4.69, 9.17) is 24.3 Å². The summed E-state index contributed by atoms with van der Waals surface area (Å²) in [5.74, 6) is 2.89. The maximum atomic E-state index is 8.93. The Morgan fingerprint density at radius 1 is 1.07 bits per heavy atom. The first-order valence-electron chi connectivity index (χ1n) is 9.64. The molecule has 0 radical (unpaired) electrons. The van der Waals surface area contributed by atoms with E-state index in [-0.39, 0.29) is 37.2 Å². The lowest BCUT2D eigenvalue weighted by molar-refractivity contribution is 0.196. The van der Waals surface area contributed by atoms with Gasteiger partial charge in [0.25, 0.3) is 0 Å². The van der Waals surface area contributed by atoms with Gasteiger partial charge < -0.3 is 29.5 Å². The van der Waals surface area contributed by atoms with Crippen molar-refractivity contribution in [3.8, 4) is 17.2 Å². The van der Waals surface area contributed by atoms with Crippen molar-refractivity contribution in [2.45, 2.75) is 20.0 Å². The molecule has 0 fully saturated rings. The third kappa shape index (κ3) is 7.56. The second-order valence-corrected chi connectivity index (χ2v) is 6.40. The highest BCUT2D eigenvalue weighted by molar-refractivity contribution is 14.0. The number of nitrogens with zero attached hydrogens (tertiary/aromatic N) is 2. The summed E-state index contributed by atoms with van der Waals surface area (Å²) in [5, 5.41) is 12.3. The van der Waals surface area contributed by atoms with Crippen LogP contribution in [0.5, 0.6) is 17.2 Å². The molecule has 0 spiro atoms. The Morgan fingerprint density at radius 2 is 1.80 bits per heavy atom. The molecule has 0 amide bonds. The summed E-state index contributed by atoms with van der Waals surface area (Å²) in [6.45, 7) is 4.17. The number of hydrogen-bond acceptors (Lipinski definition) is 5. The summed E-state index contributed by atoms with van der Waals surface area (Å²) in [6.07, 6.45) is 0. The normalized spacial score (nSPS) is 10.8. The summed E-state index contributed by atoms with van der Waals surface area (Å²) in [4.78, 5) is 6.82. The van der Waals surface area contributed by atoms with Gasteiger partial charge in [-0.05, 0) is 30.7 Å². The molecule has 0 atom stereocenters. The fraction of sp³-hybridized carbons (Fsp3) is 0.409. The van der Waals surface area contributed by atoms with Gasteiger partial charge in [0.2, 0.25) is 0 Å². The first kappa shape index (κ1) is 25.8. The first-order chi connectivity index (χ1) is 14.1. The Hall–Kier alpha value is -2.20. The Bertz CT molecular complexity index is 802. The summed E-state index contributed by atoms with van der Waals surface area (Å²) >= 11 is 0. The molecule has 0 unspecified atom stereocenters. The van der Waals surface area contributed by atoms with Crippen molar-refractivity contribution in [2.75, 3.05) is 41.0 Å². The van der Waals surface area contributed by atoms with Crippen molar-refractivity contribution in [3.05, 3.63) is 53.6 Å². The van der Waals surface area contributed by atoms with Gasteiger partial charge in [0.05, 0.1) is 27.4 Å². The number of aliphatic imine (C=N–C) groups is 1. The highest BCUT2D eigenvalue weighted by Gasteiger charge is 2.11. The zero-order valence-electron chi connectivity index (χ0n) is 18.1. The molecule has 2 aromatic rings. The van der Waals surface area contributed by atoms with Crippen molar-refractivity contribution in [1.82, 2.24) is 10.2 Å². The summed E-state index contributed by atoms with van der Waals surface area (Å²) in [5.41, 5.74) is 2.09. The van der Waals surface area contributed by atoms with Crippen molar-refractivity contribution in [3.63, 3.8) is 0 Å². The van der Waals surface area contributed by atoms with Gasteiger partial charge in [0.1, 0.15) is 12.4 Å². The molecular weight excluding hydrogens is 497 g/mol. The molecule has 30 heavy (non-hydrogen) atoms. The predicted octanol–water partition coefficient (Wildman–Crippen LogP) is 3.29. The number of hydrogen-bond donors (Lipinski definition) is 2. The predicted molar refractivity (Wildman–Crippen MR) is 130 cm³/mol. The minimum absolute atomic E-state index is 0. The van der Waals surface area contributed by atoms with E-state index in [9.17, 15) is 0 Å². The lowest BCUT2D eigenvalue weighted by Gasteiger charge is -2.23. The van der Waals surface area contributed by atoms with Gasteiger partial charge in [-0.25, -0.2) is 4.99 Å². The van der Waals surface area contributed by atoms with Crippen LogP contribution in [0.2, 0.25) is 0 Å². The molecule has 0 heterocycles. The first-order valence-corrected chi connectivity index (χ1v) is 9.64. The van der Waals surface area contributed by atoms with Crippen molar-refractivity contribution in [2.24, 2.45) is 4.99 Å². The molecule has 0 saturated heterocycles. The molecule has 8 heteroatoms. The fourth-order valence-electron chi connectivity index (χ4n) is 2.89. The van der Waals surface area contributed by atoms with E-state index in [1.165, 1.54) is 0 Å². The van der Waals surface area contributed by atoms with Crippen LogP contribution in [0.3, 0.4) is 0 Å². The van der Waals surface area contributed by atoms with E-state index in [2.05, 4.69) is 16.3 Å². The zero-order valence-corrected chi connectivity index (χ0v) is 20.4. The molecular formula is C22H32IN3O4. The Kier molecular flexibility index (Phi) is 12.0. The number of para-hydroxylation sites is 1. The number of methoxy groups -OCH3 is 2. The monoisotopic (exact) mass is 529 g/mol. The standard InChI is InChI=1S/C22H31N3O4.HI/c1-5-23-22(25(2)16-18-8-6-7-9-19(18)27-3)24-15-17-10-11-20(29-13-12-26)21(14-17)28-4;/h6-11,14,26H,5,12-13,15-16H2,1-4H3,(H,23,24);1H. The number of aliphatic hydroxyl groups excluding tert-OH is 1. The maximum absolute atomic E-state index is 8.93. The smallest absolute Gasteiger partial charge is 0.194 e. The van der Waals surface area contributed by atoms with Crippen LogP contribution in [-0.2, 0) is 13.1 Å². The van der Waals surface area contributed by atoms with E-state index in [0.717, 1.165) is 29.4 Å². The van der Waals surface area contributed by atoms with Gasteiger partial charge in [-0.3, -0.25) is 0 Å². The SMILES string of the molecule is CCNC(=NCc1ccc(OCCO)c(OC)c1)N(C)Cc1ccccc1OC.I. The summed E-state index contributed by atoms with van der Waals surface area (Å²) in [6, 6.07) is 13.7. The average molecular weight is 529 g/mol. The third-order valence-corrected chi connectivity index (χ3v) is 4.28. The summed E-state index contributed by atoms with van der Waals surface area (Å²) < 4.78 is 16.3. The summed E-state index contributed by atoms with van der Waals surface area (Å²) in [7, 11) is 5.28. The van der Waals surface area contributed by atoms with Gasteiger partial charge in [0, 0.05) is 25.7 Å². The van der Waals surface area contributed by atoms with Gasteiger partial charge in [-0.1, -0.05) is 24.3 Å². The molecule has 2 rings (SSSR count).